The molecule has 4 amide bonds. The monoisotopic (exact) mass is 621 g/mol. The molecule has 11 nitrogen and oxygen atoms in total. The zero-order chi connectivity index (χ0) is 32.4. The van der Waals surface area contributed by atoms with Crippen LogP contribution in [0.15, 0.2) is 84.9 Å². The number of phenolic OH excluding ortho intramolecular Hbond substituents is 1. The van der Waals surface area contributed by atoms with Crippen LogP contribution in [-0.2, 0) is 29.0 Å². The van der Waals surface area contributed by atoms with E-state index in [4.69, 9.17) is 4.98 Å². The Morgan fingerprint density at radius 1 is 0.978 bits per heavy atom. The van der Waals surface area contributed by atoms with E-state index in [9.17, 15) is 19.5 Å². The van der Waals surface area contributed by atoms with Crippen LogP contribution in [0.5, 0.6) is 5.75 Å². The zero-order valence-corrected chi connectivity index (χ0v) is 26.3. The number of piperazine rings is 1. The number of amides is 4. The number of nitrogens with one attached hydrogen (secondary N) is 1. The maximum Gasteiger partial charge on any atom is 0.333 e. The molecule has 46 heavy (non-hydrogen) atoms. The minimum Gasteiger partial charge on any atom is -0.508 e. The molecule has 1 unspecified atom stereocenters. The number of fused-ring (bicyclic) bond motifs is 2. The summed E-state index contributed by atoms with van der Waals surface area (Å²) in [6.45, 7) is 0.762. The van der Waals surface area contributed by atoms with E-state index in [0.29, 0.717) is 13.0 Å². The van der Waals surface area contributed by atoms with E-state index < -0.39 is 12.2 Å². The molecular formula is C35H39N7O4. The van der Waals surface area contributed by atoms with Gasteiger partial charge in [-0.2, -0.15) is 0 Å². The minimum absolute atomic E-state index is 0.0403. The number of likely N-dealkylation sites (N-methyl/N-ethyl adjacent to an activating group) is 1. The number of nitrogens with zero attached hydrogens (tertiary/aromatic N) is 6. The summed E-state index contributed by atoms with van der Waals surface area (Å²) in [6.07, 6.45) is 0.175. The summed E-state index contributed by atoms with van der Waals surface area (Å²) in [5.41, 5.74) is 3.62. The predicted molar refractivity (Wildman–Crippen MR) is 176 cm³/mol. The molecule has 1 aromatic heterocycles. The summed E-state index contributed by atoms with van der Waals surface area (Å²) in [5.74, 6) is 0.437. The van der Waals surface area contributed by atoms with Crippen LogP contribution in [0, 0.1) is 0 Å². The van der Waals surface area contributed by atoms with Crippen molar-refractivity contribution in [2.75, 3.05) is 45.7 Å². The fraction of sp³-hybridized carbons (Fsp3) is 0.314. The second-order valence-corrected chi connectivity index (χ2v) is 12.1. The van der Waals surface area contributed by atoms with Crippen molar-refractivity contribution in [3.05, 3.63) is 102 Å². The van der Waals surface area contributed by atoms with Crippen molar-refractivity contribution in [2.24, 2.45) is 0 Å². The van der Waals surface area contributed by atoms with Crippen LogP contribution in [0.4, 0.5) is 10.6 Å². The number of hydrogen-bond acceptors (Lipinski definition) is 7. The molecule has 3 heterocycles. The van der Waals surface area contributed by atoms with E-state index >= 15 is 0 Å². The first-order valence-electron chi connectivity index (χ1n) is 15.5. The number of benzene rings is 3. The highest BCUT2D eigenvalue weighted by Gasteiger charge is 2.50. The van der Waals surface area contributed by atoms with Gasteiger partial charge < -0.3 is 25.1 Å². The Morgan fingerprint density at radius 2 is 1.70 bits per heavy atom. The lowest BCUT2D eigenvalue weighted by Gasteiger charge is -2.54. The number of phenols is 1. The van der Waals surface area contributed by atoms with E-state index in [2.05, 4.69) is 11.4 Å². The molecule has 0 bridgehead atoms. The lowest BCUT2D eigenvalue weighted by atomic mass is 9.98. The molecule has 2 fully saturated rings. The molecule has 4 aromatic rings. The molecule has 2 N–H and O–H groups in total. The van der Waals surface area contributed by atoms with Crippen molar-refractivity contribution in [1.82, 2.24) is 30.1 Å². The highest BCUT2D eigenvalue weighted by Crippen LogP contribution is 2.31. The molecule has 6 rings (SSSR count). The van der Waals surface area contributed by atoms with Gasteiger partial charge in [-0.05, 0) is 41.8 Å². The maximum atomic E-state index is 14.3. The topological polar surface area (TPSA) is 113 Å². The third-order valence-electron chi connectivity index (χ3n) is 8.61. The molecule has 0 radical (unpaired) electrons. The number of hydrazine groups is 1. The van der Waals surface area contributed by atoms with Gasteiger partial charge in [0, 0.05) is 51.6 Å². The number of aromatic nitrogens is 1. The summed E-state index contributed by atoms with van der Waals surface area (Å²) < 4.78 is 0. The molecule has 2 aliphatic rings. The van der Waals surface area contributed by atoms with Crippen LogP contribution in [0.1, 0.15) is 16.7 Å². The molecule has 2 aliphatic heterocycles. The molecule has 11 heteroatoms. The molecule has 0 aliphatic carbocycles. The minimum atomic E-state index is -0.847. The quantitative estimate of drug-likeness (QED) is 0.311. The first kappa shape index (κ1) is 30.8. The van der Waals surface area contributed by atoms with Gasteiger partial charge in [-0.1, -0.05) is 60.7 Å². The van der Waals surface area contributed by atoms with Crippen molar-refractivity contribution in [1.29, 1.82) is 0 Å². The molecule has 0 saturated carbocycles. The number of hydrogen-bond donors (Lipinski definition) is 2. The van der Waals surface area contributed by atoms with Gasteiger partial charge in [-0.25, -0.2) is 19.8 Å². The van der Waals surface area contributed by atoms with Gasteiger partial charge in [0.1, 0.15) is 23.8 Å². The van der Waals surface area contributed by atoms with Gasteiger partial charge in [0.05, 0.1) is 18.6 Å². The Bertz CT molecular complexity index is 1730. The highest BCUT2D eigenvalue weighted by molar-refractivity contribution is 5.92. The Morgan fingerprint density at radius 3 is 2.43 bits per heavy atom. The third-order valence-corrected chi connectivity index (χ3v) is 8.61. The standard InChI is InChI=1S/C35H39N7O4/c1-38(2)33-27(20-26-11-7-8-12-29(26)37-33)21-40-22-31-41(30(34(40)45)19-25-13-15-28(43)16-14-25)32(44)23-39(3)42(31)35(46)36-18-17-24-9-5-4-6-10-24/h4-16,20,30-31,43H,17-19,21-23H2,1-3H3,(H,36,46)/t30-,31?/m0/s1. The molecule has 2 saturated heterocycles. The summed E-state index contributed by atoms with van der Waals surface area (Å²) in [4.78, 5) is 51.9. The summed E-state index contributed by atoms with van der Waals surface area (Å²) >= 11 is 0. The summed E-state index contributed by atoms with van der Waals surface area (Å²) in [5, 5.41) is 17.1. The first-order valence-corrected chi connectivity index (χ1v) is 15.5. The maximum absolute atomic E-state index is 14.3. The lowest BCUT2D eigenvalue weighted by Crippen LogP contribution is -2.76. The molecule has 0 spiro atoms. The number of urea groups is 1. The van der Waals surface area contributed by atoms with Crippen LogP contribution >= 0.6 is 0 Å². The summed E-state index contributed by atoms with van der Waals surface area (Å²) in [7, 11) is 5.56. The largest absolute Gasteiger partial charge is 0.508 e. The second kappa shape index (κ2) is 13.1. The normalized spacial score (nSPS) is 18.5. The van der Waals surface area contributed by atoms with Crippen LogP contribution < -0.4 is 10.2 Å². The number of rotatable bonds is 8. The number of carbonyl (C=O) groups excluding carboxylic acids is 3. The Balaban J connectivity index is 1.33. The van der Waals surface area contributed by atoms with E-state index in [0.717, 1.165) is 33.4 Å². The van der Waals surface area contributed by atoms with Crippen molar-refractivity contribution >= 4 is 34.6 Å². The van der Waals surface area contributed by atoms with E-state index in [-0.39, 0.29) is 49.7 Å². The number of anilines is 1. The molecule has 3 aromatic carbocycles. The predicted octanol–water partition coefficient (Wildman–Crippen LogP) is 3.23. The number of aromatic hydroxyl groups is 1. The average molecular weight is 622 g/mol. The smallest absolute Gasteiger partial charge is 0.333 e. The van der Waals surface area contributed by atoms with Gasteiger partial charge in [0.25, 0.3) is 0 Å². The molecule has 2 atom stereocenters. The van der Waals surface area contributed by atoms with Crippen LogP contribution in [0.2, 0.25) is 0 Å². The van der Waals surface area contributed by atoms with Crippen LogP contribution in [0.3, 0.4) is 0 Å². The van der Waals surface area contributed by atoms with E-state index in [1.165, 1.54) is 0 Å². The Kier molecular flexibility index (Phi) is 8.76. The van der Waals surface area contributed by atoms with Crippen molar-refractivity contribution in [3.63, 3.8) is 0 Å². The molecular weight excluding hydrogens is 582 g/mol. The van der Waals surface area contributed by atoms with Gasteiger partial charge >= 0.3 is 6.03 Å². The van der Waals surface area contributed by atoms with Crippen molar-refractivity contribution in [2.45, 2.75) is 31.6 Å². The number of carbonyl (C=O) groups is 3. The number of pyridine rings is 1. The van der Waals surface area contributed by atoms with Gasteiger partial charge in [-0.15, -0.1) is 0 Å². The SMILES string of the molecule is CN(C)c1nc2ccccc2cc1CN1CC2N(C(=O)CN(C)N2C(=O)NCCc2ccccc2)[C@@H](Cc2ccc(O)cc2)C1=O. The summed E-state index contributed by atoms with van der Waals surface area (Å²) in [6, 6.07) is 25.3. The van der Waals surface area contributed by atoms with Crippen LogP contribution in [-0.4, -0.2) is 101 Å². The van der Waals surface area contributed by atoms with Gasteiger partial charge in [-0.3, -0.25) is 9.59 Å². The van der Waals surface area contributed by atoms with Gasteiger partial charge in [0.15, 0.2) is 0 Å². The zero-order valence-electron chi connectivity index (χ0n) is 26.3. The van der Waals surface area contributed by atoms with Crippen LogP contribution in [0.25, 0.3) is 10.9 Å². The van der Waals surface area contributed by atoms with E-state index in [1.807, 2.05) is 73.6 Å². The lowest BCUT2D eigenvalue weighted by molar-refractivity contribution is -0.187. The van der Waals surface area contributed by atoms with Crippen molar-refractivity contribution < 1.29 is 19.5 Å². The second-order valence-electron chi connectivity index (χ2n) is 12.1. The number of para-hydroxylation sites is 1. The van der Waals surface area contributed by atoms with E-state index in [1.54, 1.807) is 51.1 Å². The molecule has 238 valence electrons. The Hall–Kier alpha value is -5.16. The third kappa shape index (κ3) is 6.32. The van der Waals surface area contributed by atoms with Gasteiger partial charge in [0.2, 0.25) is 11.8 Å². The first-order chi connectivity index (χ1) is 22.2. The fourth-order valence-electron chi connectivity index (χ4n) is 6.40. The highest BCUT2D eigenvalue weighted by atomic mass is 16.3. The average Bonchev–Trinajstić information content (AvgIpc) is 3.04. The van der Waals surface area contributed by atoms with Crippen molar-refractivity contribution in [3.8, 4) is 5.75 Å². The Labute approximate surface area is 268 Å². The fourth-order valence-corrected chi connectivity index (χ4v) is 6.40.